The molecule has 3 heteroatoms. The van der Waals surface area contributed by atoms with Crippen molar-refractivity contribution in [2.45, 2.75) is 20.4 Å². The topological polar surface area (TPSA) is 12.0 Å². The molecule has 0 aliphatic heterocycles. The molecular weight excluding hydrogens is 310 g/mol. The Morgan fingerprint density at radius 2 is 1.83 bits per heavy atom. The molecule has 0 aliphatic carbocycles. The molecule has 0 unspecified atom stereocenters. The number of hydrogen-bond acceptors (Lipinski definition) is 1. The van der Waals surface area contributed by atoms with Gasteiger partial charge >= 0.3 is 0 Å². The second-order valence-electron chi connectivity index (χ2n) is 4.40. The summed E-state index contributed by atoms with van der Waals surface area (Å²) in [5, 5.41) is 4.20. The lowest BCUT2D eigenvalue weighted by Crippen LogP contribution is -2.01. The van der Waals surface area contributed by atoms with Gasteiger partial charge in [-0.3, -0.25) is 0 Å². The van der Waals surface area contributed by atoms with Gasteiger partial charge in [0.05, 0.1) is 0 Å². The third-order valence-electron chi connectivity index (χ3n) is 2.91. The average Bonchev–Trinajstić information content (AvgIpc) is 2.32. The van der Waals surface area contributed by atoms with E-state index in [9.17, 15) is 0 Å². The summed E-state index contributed by atoms with van der Waals surface area (Å²) in [6.07, 6.45) is 0. The van der Waals surface area contributed by atoms with E-state index < -0.39 is 0 Å². The third kappa shape index (κ3) is 3.27. The maximum atomic E-state index is 5.94. The van der Waals surface area contributed by atoms with Crippen LogP contribution in [0, 0.1) is 13.8 Å². The van der Waals surface area contributed by atoms with E-state index >= 15 is 0 Å². The van der Waals surface area contributed by atoms with E-state index in [1.165, 1.54) is 11.1 Å². The zero-order chi connectivity index (χ0) is 13.1. The molecule has 0 atom stereocenters. The first-order valence-electron chi connectivity index (χ1n) is 5.81. The van der Waals surface area contributed by atoms with Crippen molar-refractivity contribution in [1.82, 2.24) is 0 Å². The van der Waals surface area contributed by atoms with Crippen LogP contribution in [0.1, 0.15) is 16.7 Å². The molecule has 2 aromatic rings. The molecule has 0 spiro atoms. The van der Waals surface area contributed by atoms with E-state index in [0.29, 0.717) is 0 Å². The molecule has 0 bridgehead atoms. The molecule has 0 saturated carbocycles. The number of rotatable bonds is 3. The van der Waals surface area contributed by atoms with Crippen molar-refractivity contribution < 1.29 is 0 Å². The summed E-state index contributed by atoms with van der Waals surface area (Å²) >= 11 is 9.49. The number of halogens is 2. The molecule has 0 fully saturated rings. The summed E-state index contributed by atoms with van der Waals surface area (Å²) in [5.74, 6) is 0. The molecule has 0 aliphatic rings. The maximum Gasteiger partial charge on any atom is 0.0410 e. The normalized spacial score (nSPS) is 10.4. The number of anilines is 1. The zero-order valence-corrected chi connectivity index (χ0v) is 12.8. The lowest BCUT2D eigenvalue weighted by Gasteiger charge is -2.10. The molecule has 0 amide bonds. The summed E-state index contributed by atoms with van der Waals surface area (Å²) in [6, 6.07) is 12.3. The van der Waals surface area contributed by atoms with Crippen molar-refractivity contribution in [2.24, 2.45) is 0 Å². The minimum Gasteiger partial charge on any atom is -0.381 e. The van der Waals surface area contributed by atoms with E-state index in [1.54, 1.807) is 0 Å². The maximum absolute atomic E-state index is 5.94. The fourth-order valence-electron chi connectivity index (χ4n) is 1.77. The second-order valence-corrected chi connectivity index (χ2v) is 5.69. The Morgan fingerprint density at radius 3 is 2.50 bits per heavy atom. The Labute approximate surface area is 121 Å². The van der Waals surface area contributed by atoms with Crippen molar-refractivity contribution in [3.8, 4) is 0 Å². The highest BCUT2D eigenvalue weighted by Gasteiger charge is 2.01. The fraction of sp³-hybridized carbons (Fsp3) is 0.200. The van der Waals surface area contributed by atoms with Gasteiger partial charge in [0, 0.05) is 21.7 Å². The lowest BCUT2D eigenvalue weighted by atomic mass is 10.1. The number of benzene rings is 2. The summed E-state index contributed by atoms with van der Waals surface area (Å²) in [5.41, 5.74) is 4.79. The standard InChI is InChI=1S/C15H15BrClN/c1-10-3-4-12(8-14(10)16)9-18-15-6-5-13(17)7-11(15)2/h3-8,18H,9H2,1-2H3. The van der Waals surface area contributed by atoms with Crippen LogP contribution in [0.4, 0.5) is 5.69 Å². The van der Waals surface area contributed by atoms with Gasteiger partial charge in [-0.1, -0.05) is 39.7 Å². The van der Waals surface area contributed by atoms with Crippen LogP contribution in [0.5, 0.6) is 0 Å². The summed E-state index contributed by atoms with van der Waals surface area (Å²) < 4.78 is 1.15. The Kier molecular flexibility index (Phi) is 4.31. The molecule has 2 rings (SSSR count). The van der Waals surface area contributed by atoms with Crippen molar-refractivity contribution in [2.75, 3.05) is 5.32 Å². The molecule has 0 heterocycles. The molecule has 0 aromatic heterocycles. The molecule has 0 saturated heterocycles. The Balaban J connectivity index is 2.09. The van der Waals surface area contributed by atoms with Gasteiger partial charge in [-0.2, -0.15) is 0 Å². The quantitative estimate of drug-likeness (QED) is 0.804. The lowest BCUT2D eigenvalue weighted by molar-refractivity contribution is 1.13. The highest BCUT2D eigenvalue weighted by atomic mass is 79.9. The second kappa shape index (κ2) is 5.77. The predicted octanol–water partition coefficient (Wildman–Crippen LogP) is 5.33. The summed E-state index contributed by atoms with van der Waals surface area (Å²) in [4.78, 5) is 0. The van der Waals surface area contributed by atoms with Crippen molar-refractivity contribution in [3.63, 3.8) is 0 Å². The van der Waals surface area contributed by atoms with Gasteiger partial charge in [-0.15, -0.1) is 0 Å². The van der Waals surface area contributed by atoms with E-state index in [0.717, 1.165) is 27.3 Å². The predicted molar refractivity (Wildman–Crippen MR) is 82.4 cm³/mol. The van der Waals surface area contributed by atoms with Crippen molar-refractivity contribution >= 4 is 33.2 Å². The first-order valence-corrected chi connectivity index (χ1v) is 6.98. The highest BCUT2D eigenvalue weighted by molar-refractivity contribution is 9.10. The van der Waals surface area contributed by atoms with Crippen molar-refractivity contribution in [3.05, 3.63) is 62.6 Å². The van der Waals surface area contributed by atoms with Crippen LogP contribution in [0.25, 0.3) is 0 Å². The van der Waals surface area contributed by atoms with Gasteiger partial charge in [0.25, 0.3) is 0 Å². The monoisotopic (exact) mass is 323 g/mol. The minimum absolute atomic E-state index is 0.774. The Morgan fingerprint density at radius 1 is 1.06 bits per heavy atom. The van der Waals surface area contributed by atoms with Crippen LogP contribution in [-0.4, -0.2) is 0 Å². The average molecular weight is 325 g/mol. The van der Waals surface area contributed by atoms with Gasteiger partial charge in [-0.05, 0) is 54.8 Å². The SMILES string of the molecule is Cc1ccc(CNc2ccc(Cl)cc2C)cc1Br. The zero-order valence-electron chi connectivity index (χ0n) is 10.4. The molecule has 94 valence electrons. The molecule has 0 radical (unpaired) electrons. The fourth-order valence-corrected chi connectivity index (χ4v) is 2.42. The summed E-state index contributed by atoms with van der Waals surface area (Å²) in [7, 11) is 0. The first-order chi connectivity index (χ1) is 8.56. The highest BCUT2D eigenvalue weighted by Crippen LogP contribution is 2.22. The van der Waals surface area contributed by atoms with Crippen LogP contribution >= 0.6 is 27.5 Å². The third-order valence-corrected chi connectivity index (χ3v) is 4.00. The minimum atomic E-state index is 0.774. The van der Waals surface area contributed by atoms with Gasteiger partial charge < -0.3 is 5.32 Å². The first kappa shape index (κ1) is 13.4. The van der Waals surface area contributed by atoms with Gasteiger partial charge in [-0.25, -0.2) is 0 Å². The van der Waals surface area contributed by atoms with Crippen molar-refractivity contribution in [1.29, 1.82) is 0 Å². The molecule has 2 aromatic carbocycles. The van der Waals surface area contributed by atoms with Crippen LogP contribution < -0.4 is 5.32 Å². The van der Waals surface area contributed by atoms with E-state index in [4.69, 9.17) is 11.6 Å². The van der Waals surface area contributed by atoms with Gasteiger partial charge in [0.15, 0.2) is 0 Å². The Bertz CT molecular complexity index is 566. The number of aryl methyl sites for hydroxylation is 2. The van der Waals surface area contributed by atoms with Crippen LogP contribution in [-0.2, 0) is 6.54 Å². The molecule has 1 N–H and O–H groups in total. The van der Waals surface area contributed by atoms with E-state index in [-0.39, 0.29) is 0 Å². The molecule has 1 nitrogen and oxygen atoms in total. The van der Waals surface area contributed by atoms with Gasteiger partial charge in [0.2, 0.25) is 0 Å². The smallest absolute Gasteiger partial charge is 0.0410 e. The Hall–Kier alpha value is -0.990. The van der Waals surface area contributed by atoms with Crippen LogP contribution in [0.2, 0.25) is 5.02 Å². The largest absolute Gasteiger partial charge is 0.381 e. The van der Waals surface area contributed by atoms with E-state index in [1.807, 2.05) is 18.2 Å². The van der Waals surface area contributed by atoms with Crippen LogP contribution in [0.3, 0.4) is 0 Å². The molecular formula is C15H15BrClN. The molecule has 18 heavy (non-hydrogen) atoms. The number of hydrogen-bond donors (Lipinski definition) is 1. The van der Waals surface area contributed by atoms with E-state index in [2.05, 4.69) is 53.3 Å². The van der Waals surface area contributed by atoms with Gasteiger partial charge in [0.1, 0.15) is 0 Å². The van der Waals surface area contributed by atoms with Crippen LogP contribution in [0.15, 0.2) is 40.9 Å². The number of nitrogens with one attached hydrogen (secondary N) is 1. The summed E-state index contributed by atoms with van der Waals surface area (Å²) in [6.45, 7) is 4.95.